The number of nitrogens with one attached hydrogen (secondary N) is 2. The van der Waals surface area contributed by atoms with Gasteiger partial charge in [-0.2, -0.15) is 0 Å². The van der Waals surface area contributed by atoms with Gasteiger partial charge in [-0.15, -0.1) is 0 Å². The lowest BCUT2D eigenvalue weighted by atomic mass is 10.1. The highest BCUT2D eigenvalue weighted by molar-refractivity contribution is 5.91. The second-order valence-corrected chi connectivity index (χ2v) is 5.75. The number of ether oxygens (including phenoxy) is 1. The number of H-pyrrole nitrogens is 1. The van der Waals surface area contributed by atoms with Crippen LogP contribution >= 0.6 is 0 Å². The number of hydrogen-bond donors (Lipinski definition) is 2. The number of aromatic amines is 1. The first kappa shape index (κ1) is 18.1. The number of aromatic nitrogens is 2. The number of hydrogen-bond acceptors (Lipinski definition) is 7. The van der Waals surface area contributed by atoms with Crippen molar-refractivity contribution in [2.75, 3.05) is 12.4 Å². The van der Waals surface area contributed by atoms with Crippen molar-refractivity contribution in [2.24, 2.45) is 0 Å². The minimum atomic E-state index is -0.849. The Morgan fingerprint density at radius 2 is 2.04 bits per heavy atom. The lowest BCUT2D eigenvalue weighted by Crippen LogP contribution is -2.17. The van der Waals surface area contributed by atoms with Crippen LogP contribution in [0.25, 0.3) is 10.9 Å². The van der Waals surface area contributed by atoms with Gasteiger partial charge in [-0.25, -0.2) is 9.78 Å². The van der Waals surface area contributed by atoms with Crippen molar-refractivity contribution < 1.29 is 14.5 Å². The zero-order chi connectivity index (χ0) is 19.6. The smallest absolute Gasteiger partial charge is 0.339 e. The van der Waals surface area contributed by atoms with Crippen LogP contribution in [0.5, 0.6) is 0 Å². The second-order valence-electron chi connectivity index (χ2n) is 5.75. The maximum absolute atomic E-state index is 12.4. The van der Waals surface area contributed by atoms with E-state index in [1.54, 1.807) is 38.2 Å². The molecule has 1 aromatic heterocycles. The molecule has 1 atom stereocenters. The number of fused-ring (bicyclic) bond motifs is 1. The number of esters is 1. The summed E-state index contributed by atoms with van der Waals surface area (Å²) in [7, 11) is 1.55. The number of benzene rings is 2. The Labute approximate surface area is 153 Å². The van der Waals surface area contributed by atoms with Gasteiger partial charge in [0, 0.05) is 13.1 Å². The SMILES string of the molecule is CNc1ccc(C(=O)O[C@@H](C)c2nc3ccccc3c(=O)[nH]2)cc1[N+](=O)[O-]. The van der Waals surface area contributed by atoms with Crippen LogP contribution in [0.15, 0.2) is 47.3 Å². The molecule has 9 heteroatoms. The average molecular weight is 368 g/mol. The Balaban J connectivity index is 1.87. The predicted molar refractivity (Wildman–Crippen MR) is 98.8 cm³/mol. The van der Waals surface area contributed by atoms with E-state index in [2.05, 4.69) is 15.3 Å². The number of rotatable bonds is 5. The van der Waals surface area contributed by atoms with E-state index in [9.17, 15) is 19.7 Å². The Morgan fingerprint density at radius 3 is 2.74 bits per heavy atom. The third-order valence-electron chi connectivity index (χ3n) is 4.00. The first-order valence-electron chi connectivity index (χ1n) is 8.07. The second kappa shape index (κ2) is 7.24. The van der Waals surface area contributed by atoms with Crippen molar-refractivity contribution in [3.05, 3.63) is 74.3 Å². The van der Waals surface area contributed by atoms with E-state index < -0.39 is 17.0 Å². The summed E-state index contributed by atoms with van der Waals surface area (Å²) in [5.74, 6) is -0.572. The molecule has 0 saturated heterocycles. The van der Waals surface area contributed by atoms with Crippen molar-refractivity contribution in [1.29, 1.82) is 0 Å². The van der Waals surface area contributed by atoms with E-state index in [1.807, 2.05) is 0 Å². The molecule has 0 aliphatic carbocycles. The highest BCUT2D eigenvalue weighted by atomic mass is 16.6. The summed E-state index contributed by atoms with van der Waals surface area (Å²) in [4.78, 5) is 41.9. The van der Waals surface area contributed by atoms with Crippen LogP contribution in [0, 0.1) is 10.1 Å². The zero-order valence-corrected chi connectivity index (χ0v) is 14.6. The minimum Gasteiger partial charge on any atom is -0.451 e. The van der Waals surface area contributed by atoms with Crippen molar-refractivity contribution in [3.63, 3.8) is 0 Å². The summed E-state index contributed by atoms with van der Waals surface area (Å²) in [5, 5.41) is 14.2. The summed E-state index contributed by atoms with van der Waals surface area (Å²) in [5.41, 5.74) is 0.207. The fraction of sp³-hybridized carbons (Fsp3) is 0.167. The standard InChI is InChI=1S/C18H16N4O5/c1-10(16-20-13-6-4-3-5-12(13)17(23)21-16)27-18(24)11-7-8-14(19-2)15(9-11)22(25)26/h3-10,19H,1-2H3,(H,20,21,23)/t10-/m0/s1. The largest absolute Gasteiger partial charge is 0.451 e. The van der Waals surface area contributed by atoms with Gasteiger partial charge < -0.3 is 15.0 Å². The number of nitrogens with zero attached hydrogens (tertiary/aromatic N) is 2. The van der Waals surface area contributed by atoms with Crippen molar-refractivity contribution >= 4 is 28.2 Å². The zero-order valence-electron chi connectivity index (χ0n) is 14.6. The number of nitro benzene ring substituents is 1. The van der Waals surface area contributed by atoms with E-state index >= 15 is 0 Å². The highest BCUT2D eigenvalue weighted by Crippen LogP contribution is 2.26. The van der Waals surface area contributed by atoms with Crippen molar-refractivity contribution in [3.8, 4) is 0 Å². The lowest BCUT2D eigenvalue weighted by Gasteiger charge is -2.13. The quantitative estimate of drug-likeness (QED) is 0.403. The topological polar surface area (TPSA) is 127 Å². The molecule has 0 radical (unpaired) electrons. The van der Waals surface area contributed by atoms with Gasteiger partial charge in [0.25, 0.3) is 11.2 Å². The third-order valence-corrected chi connectivity index (χ3v) is 4.00. The Kier molecular flexibility index (Phi) is 4.84. The van der Waals surface area contributed by atoms with Crippen molar-refractivity contribution in [1.82, 2.24) is 9.97 Å². The van der Waals surface area contributed by atoms with Gasteiger partial charge in [0.15, 0.2) is 11.9 Å². The molecule has 1 heterocycles. The first-order valence-corrected chi connectivity index (χ1v) is 8.07. The number of carbonyl (C=O) groups is 1. The fourth-order valence-electron chi connectivity index (χ4n) is 2.60. The van der Waals surface area contributed by atoms with Gasteiger partial charge in [0.1, 0.15) is 5.69 Å². The van der Waals surface area contributed by atoms with Gasteiger partial charge in [0.05, 0.1) is 21.4 Å². The molecule has 2 N–H and O–H groups in total. The van der Waals surface area contributed by atoms with Crippen molar-refractivity contribution in [2.45, 2.75) is 13.0 Å². The molecule has 0 saturated carbocycles. The maximum atomic E-state index is 12.4. The molecule has 0 fully saturated rings. The molecule has 3 aromatic rings. The molecule has 138 valence electrons. The first-order chi connectivity index (χ1) is 12.9. The van der Waals surface area contributed by atoms with Gasteiger partial charge in [0.2, 0.25) is 0 Å². The van der Waals surface area contributed by atoms with Gasteiger partial charge in [-0.05, 0) is 31.2 Å². The molecule has 2 aromatic carbocycles. The van der Waals surface area contributed by atoms with Gasteiger partial charge >= 0.3 is 5.97 Å². The van der Waals surface area contributed by atoms with Crippen LogP contribution in [-0.4, -0.2) is 27.9 Å². The van der Waals surface area contributed by atoms with Crippen LogP contribution < -0.4 is 10.9 Å². The molecular formula is C18H16N4O5. The normalized spacial score (nSPS) is 11.8. The highest BCUT2D eigenvalue weighted by Gasteiger charge is 2.21. The summed E-state index contributed by atoms with van der Waals surface area (Å²) < 4.78 is 5.32. The van der Waals surface area contributed by atoms with Gasteiger partial charge in [-0.1, -0.05) is 12.1 Å². The molecule has 0 spiro atoms. The summed E-state index contributed by atoms with van der Waals surface area (Å²) in [6, 6.07) is 10.8. The van der Waals surface area contributed by atoms with Gasteiger partial charge in [-0.3, -0.25) is 14.9 Å². The van der Waals surface area contributed by atoms with E-state index in [0.717, 1.165) is 6.07 Å². The average Bonchev–Trinajstić information content (AvgIpc) is 2.67. The Hall–Kier alpha value is -3.75. The van der Waals surface area contributed by atoms with E-state index in [1.165, 1.54) is 12.1 Å². The van der Waals surface area contributed by atoms with E-state index in [4.69, 9.17) is 4.74 Å². The summed E-state index contributed by atoms with van der Waals surface area (Å²) in [6.45, 7) is 1.56. The number of anilines is 1. The monoisotopic (exact) mass is 368 g/mol. The molecule has 27 heavy (non-hydrogen) atoms. The van der Waals surface area contributed by atoms with Crippen LogP contribution in [0.2, 0.25) is 0 Å². The fourth-order valence-corrected chi connectivity index (χ4v) is 2.60. The molecule has 0 aliphatic heterocycles. The molecule has 0 amide bonds. The maximum Gasteiger partial charge on any atom is 0.339 e. The van der Waals surface area contributed by atoms with Crippen LogP contribution in [0.4, 0.5) is 11.4 Å². The molecule has 0 bridgehead atoms. The summed E-state index contributed by atoms with van der Waals surface area (Å²) >= 11 is 0. The van der Waals surface area contributed by atoms with Crippen LogP contribution in [-0.2, 0) is 4.74 Å². The number of nitro groups is 1. The predicted octanol–water partition coefficient (Wildman–Crippen LogP) is 2.79. The Morgan fingerprint density at radius 1 is 1.30 bits per heavy atom. The molecule has 0 aliphatic rings. The van der Waals surface area contributed by atoms with E-state index in [0.29, 0.717) is 10.9 Å². The van der Waals surface area contributed by atoms with Crippen LogP contribution in [0.1, 0.15) is 29.2 Å². The summed E-state index contributed by atoms with van der Waals surface area (Å²) in [6.07, 6.45) is -0.849. The Bertz CT molecular complexity index is 1090. The molecular weight excluding hydrogens is 352 g/mol. The van der Waals surface area contributed by atoms with Crippen LogP contribution in [0.3, 0.4) is 0 Å². The molecule has 9 nitrogen and oxygen atoms in total. The molecule has 0 unspecified atom stereocenters. The number of para-hydroxylation sites is 1. The lowest BCUT2D eigenvalue weighted by molar-refractivity contribution is -0.384. The molecule has 3 rings (SSSR count). The van der Waals surface area contributed by atoms with E-state index in [-0.39, 0.29) is 28.3 Å². The minimum absolute atomic E-state index is 0.0238. The number of carbonyl (C=O) groups excluding carboxylic acids is 1. The third kappa shape index (κ3) is 3.61.